The van der Waals surface area contributed by atoms with Gasteiger partial charge in [-0.3, -0.25) is 4.79 Å². The fraction of sp³-hybridized carbons (Fsp3) is 0.438. The monoisotopic (exact) mass is 645 g/mol. The van der Waals surface area contributed by atoms with Crippen molar-refractivity contribution in [3.63, 3.8) is 0 Å². The lowest BCUT2D eigenvalue weighted by molar-refractivity contribution is -0.137. The van der Waals surface area contributed by atoms with Gasteiger partial charge in [0.15, 0.2) is 0 Å². The van der Waals surface area contributed by atoms with E-state index < -0.39 is 42.5 Å². The van der Waals surface area contributed by atoms with Gasteiger partial charge in [0.25, 0.3) is 5.91 Å². The summed E-state index contributed by atoms with van der Waals surface area (Å²) in [6.45, 7) is 10.0. The van der Waals surface area contributed by atoms with Crippen LogP contribution in [-0.2, 0) is 22.0 Å². The number of alkyl carbamates (subject to hydrolysis) is 1. The molecule has 1 aromatic heterocycles. The number of carbonyl (C=O) groups excluding carboxylic acids is 2. The van der Waals surface area contributed by atoms with Crippen molar-refractivity contribution >= 4 is 25.1 Å². The second kappa shape index (κ2) is 13.6. The predicted molar refractivity (Wildman–Crippen MR) is 168 cm³/mol. The lowest BCUT2D eigenvalue weighted by Gasteiger charge is -2.31. The van der Waals surface area contributed by atoms with Gasteiger partial charge in [0.05, 0.1) is 18.7 Å². The number of carbonyl (C=O) groups is 2. The highest BCUT2D eigenvalue weighted by atomic mass is 31.2. The number of ether oxygens (including phenoxy) is 1. The van der Waals surface area contributed by atoms with Crippen LogP contribution in [0.2, 0.25) is 0 Å². The molecule has 13 heteroatoms. The van der Waals surface area contributed by atoms with Crippen molar-refractivity contribution in [2.75, 3.05) is 36.5 Å². The van der Waals surface area contributed by atoms with Crippen LogP contribution in [0.15, 0.2) is 54.7 Å². The fourth-order valence-electron chi connectivity index (χ4n) is 4.94. The molecule has 0 saturated carbocycles. The molecular weight excluding hydrogens is 606 g/mol. The van der Waals surface area contributed by atoms with Crippen molar-refractivity contribution in [3.8, 4) is 11.1 Å². The van der Waals surface area contributed by atoms with E-state index in [4.69, 9.17) is 4.74 Å². The van der Waals surface area contributed by atoms with Crippen molar-refractivity contribution in [2.45, 2.75) is 59.0 Å². The smallest absolute Gasteiger partial charge is 0.416 e. The third kappa shape index (κ3) is 9.06. The molecule has 1 aliphatic heterocycles. The average molecular weight is 646 g/mol. The number of amides is 2. The molecule has 4 rings (SSSR count). The van der Waals surface area contributed by atoms with Gasteiger partial charge in [-0.2, -0.15) is 13.2 Å². The maximum absolute atomic E-state index is 13.6. The third-order valence-electron chi connectivity index (χ3n) is 7.62. The minimum Gasteiger partial charge on any atom is -0.444 e. The van der Waals surface area contributed by atoms with Crippen LogP contribution in [0.25, 0.3) is 11.1 Å². The van der Waals surface area contributed by atoms with Gasteiger partial charge >= 0.3 is 12.3 Å². The zero-order valence-electron chi connectivity index (χ0n) is 26.1. The molecule has 0 radical (unpaired) electrons. The van der Waals surface area contributed by atoms with Crippen molar-refractivity contribution in [3.05, 3.63) is 77.1 Å². The minimum atomic E-state index is -4.54. The van der Waals surface area contributed by atoms with Crippen LogP contribution in [0, 0.1) is 0 Å². The quantitative estimate of drug-likeness (QED) is 0.257. The van der Waals surface area contributed by atoms with E-state index in [1.807, 2.05) is 11.8 Å². The number of rotatable bonds is 8. The van der Waals surface area contributed by atoms with Crippen LogP contribution in [0.5, 0.6) is 0 Å². The Morgan fingerprint density at radius 2 is 1.71 bits per heavy atom. The van der Waals surface area contributed by atoms with Crippen molar-refractivity contribution in [1.29, 1.82) is 0 Å². The standard InChI is InChI=1S/C32H39F3N5O4P/c1-6-45(43)17-15-40(16-18-45)29-36-14-13-27(39-29)28(41)38-21(2)22-7-9-23(10-8-22)26-19-25(32(33,34)35)12-11-24(26)20-37-30(42)44-31(3,4)5/h7-14,19,21H,6,15-18,20H2,1-5H3,(H,37,42)(H,38,41)/t21-/m1/s1. The summed E-state index contributed by atoms with van der Waals surface area (Å²) >= 11 is 0. The van der Waals surface area contributed by atoms with Crippen molar-refractivity contribution < 1.29 is 32.1 Å². The summed E-state index contributed by atoms with van der Waals surface area (Å²) in [5.74, 6) is 0.0138. The number of aromatic nitrogens is 2. The number of nitrogens with zero attached hydrogens (tertiary/aromatic N) is 3. The van der Waals surface area contributed by atoms with Gasteiger partial charge in [0.2, 0.25) is 5.95 Å². The SMILES string of the molecule is CCP1(=O)CCN(c2nccc(C(=O)N[C@H](C)c3ccc(-c4cc(C(F)(F)F)ccc4CNC(=O)OC(C)(C)C)cc3)n2)CC1. The van der Waals surface area contributed by atoms with Gasteiger partial charge in [0, 0.05) is 38.2 Å². The normalized spacial score (nSPS) is 15.7. The van der Waals surface area contributed by atoms with Crippen LogP contribution >= 0.6 is 7.14 Å². The van der Waals surface area contributed by atoms with E-state index in [2.05, 4.69) is 20.6 Å². The summed E-state index contributed by atoms with van der Waals surface area (Å²) in [5, 5.41) is 5.52. The highest BCUT2D eigenvalue weighted by Gasteiger charge is 2.31. The zero-order chi connectivity index (χ0) is 33.0. The largest absolute Gasteiger partial charge is 0.444 e. The van der Waals surface area contributed by atoms with Gasteiger partial charge in [-0.15, -0.1) is 0 Å². The van der Waals surface area contributed by atoms with Crippen molar-refractivity contribution in [1.82, 2.24) is 20.6 Å². The summed E-state index contributed by atoms with van der Waals surface area (Å²) in [4.78, 5) is 35.9. The van der Waals surface area contributed by atoms with E-state index in [0.29, 0.717) is 54.2 Å². The molecule has 0 aliphatic carbocycles. The van der Waals surface area contributed by atoms with Crippen LogP contribution < -0.4 is 15.5 Å². The van der Waals surface area contributed by atoms with E-state index in [0.717, 1.165) is 17.7 Å². The highest BCUT2D eigenvalue weighted by Crippen LogP contribution is 2.47. The van der Waals surface area contributed by atoms with Crippen molar-refractivity contribution in [2.24, 2.45) is 0 Å². The molecule has 45 heavy (non-hydrogen) atoms. The Hall–Kier alpha value is -3.92. The second-order valence-corrected chi connectivity index (χ2v) is 15.7. The first kappa shape index (κ1) is 34.0. The van der Waals surface area contributed by atoms with E-state index >= 15 is 0 Å². The average Bonchev–Trinajstić information content (AvgIpc) is 2.99. The topological polar surface area (TPSA) is 114 Å². The molecule has 2 N–H and O–H groups in total. The molecule has 1 fully saturated rings. The van der Waals surface area contributed by atoms with Crippen LogP contribution in [0.3, 0.4) is 0 Å². The molecule has 2 heterocycles. The molecule has 2 amide bonds. The molecule has 1 saturated heterocycles. The molecular formula is C32H39F3N5O4P. The summed E-state index contributed by atoms with van der Waals surface area (Å²) in [6.07, 6.45) is -1.83. The number of hydrogen-bond donors (Lipinski definition) is 2. The highest BCUT2D eigenvalue weighted by molar-refractivity contribution is 7.64. The lowest BCUT2D eigenvalue weighted by Crippen LogP contribution is -2.37. The van der Waals surface area contributed by atoms with Crippen LogP contribution in [0.1, 0.15) is 67.8 Å². The van der Waals surface area contributed by atoms with E-state index in [9.17, 15) is 27.3 Å². The summed E-state index contributed by atoms with van der Waals surface area (Å²) in [5.41, 5.74) is 0.696. The van der Waals surface area contributed by atoms with Gasteiger partial charge < -0.3 is 24.8 Å². The molecule has 242 valence electrons. The first-order chi connectivity index (χ1) is 21.1. The van der Waals surface area contributed by atoms with Crippen LogP contribution in [0.4, 0.5) is 23.9 Å². The Bertz CT molecular complexity index is 1560. The molecule has 1 atom stereocenters. The number of hydrogen-bond acceptors (Lipinski definition) is 7. The van der Waals surface area contributed by atoms with Gasteiger partial charge in [-0.25, -0.2) is 14.8 Å². The zero-order valence-corrected chi connectivity index (χ0v) is 27.0. The lowest BCUT2D eigenvalue weighted by atomic mass is 9.95. The summed E-state index contributed by atoms with van der Waals surface area (Å²) in [6, 6.07) is 11.3. The summed E-state index contributed by atoms with van der Waals surface area (Å²) in [7, 11) is -2.14. The number of alkyl halides is 3. The number of nitrogens with one attached hydrogen (secondary N) is 2. The molecule has 2 aromatic carbocycles. The Labute approximate surface area is 261 Å². The maximum Gasteiger partial charge on any atom is 0.416 e. The number of halogens is 3. The van der Waals surface area contributed by atoms with Crippen LogP contribution in [-0.4, -0.2) is 59.1 Å². The van der Waals surface area contributed by atoms with Gasteiger partial charge in [-0.1, -0.05) is 37.3 Å². The first-order valence-corrected chi connectivity index (χ1v) is 17.1. The summed E-state index contributed by atoms with van der Waals surface area (Å²) < 4.78 is 58.6. The van der Waals surface area contributed by atoms with E-state index in [1.54, 1.807) is 52.0 Å². The predicted octanol–water partition coefficient (Wildman–Crippen LogP) is 6.88. The number of benzene rings is 2. The fourth-order valence-corrected chi connectivity index (χ4v) is 7.00. The second-order valence-electron chi connectivity index (χ2n) is 12.1. The molecule has 9 nitrogen and oxygen atoms in total. The Kier molecular flexibility index (Phi) is 10.3. The molecule has 0 unspecified atom stereocenters. The third-order valence-corrected chi connectivity index (χ3v) is 10.8. The van der Waals surface area contributed by atoms with Gasteiger partial charge in [0.1, 0.15) is 11.3 Å². The maximum atomic E-state index is 13.6. The molecule has 0 spiro atoms. The first-order valence-electron chi connectivity index (χ1n) is 14.8. The van der Waals surface area contributed by atoms with E-state index in [1.165, 1.54) is 18.3 Å². The minimum absolute atomic E-state index is 0.0349. The molecule has 1 aliphatic rings. The Morgan fingerprint density at radius 1 is 1.04 bits per heavy atom. The molecule has 3 aromatic rings. The van der Waals surface area contributed by atoms with E-state index in [-0.39, 0.29) is 12.2 Å². The Balaban J connectivity index is 1.47. The Morgan fingerprint density at radius 3 is 2.31 bits per heavy atom. The molecule has 0 bridgehead atoms. The number of anilines is 1. The van der Waals surface area contributed by atoms with Gasteiger partial charge in [-0.05, 0) is 74.3 Å².